The van der Waals surface area contributed by atoms with E-state index in [2.05, 4.69) is 15.5 Å². The van der Waals surface area contributed by atoms with Gasteiger partial charge in [-0.15, -0.1) is 0 Å². The average molecular weight is 392 g/mol. The number of hydrogen-bond acceptors (Lipinski definition) is 5. The van der Waals surface area contributed by atoms with Crippen LogP contribution in [-0.2, 0) is 10.0 Å². The molecule has 0 unspecified atom stereocenters. The van der Waals surface area contributed by atoms with Gasteiger partial charge in [-0.05, 0) is 62.3 Å². The van der Waals surface area contributed by atoms with Crippen molar-refractivity contribution in [2.24, 2.45) is 5.14 Å². The highest BCUT2D eigenvalue weighted by molar-refractivity contribution is 7.89. The number of urea groups is 1. The summed E-state index contributed by atoms with van der Waals surface area (Å²) in [4.78, 5) is 14.6. The number of primary sulfonamides is 1. The van der Waals surface area contributed by atoms with Crippen molar-refractivity contribution in [3.8, 4) is 0 Å². The number of piperidine rings is 1. The quantitative estimate of drug-likeness (QED) is 0.697. The lowest BCUT2D eigenvalue weighted by Gasteiger charge is -2.33. The van der Waals surface area contributed by atoms with Crippen molar-refractivity contribution in [3.63, 3.8) is 0 Å². The normalized spacial score (nSPS) is 16.6. The molecule has 1 aromatic heterocycles. The molecule has 1 aliphatic rings. The summed E-state index contributed by atoms with van der Waals surface area (Å²) in [5.74, 6) is 0.828. The molecule has 1 fully saturated rings. The molecular weight excluding hydrogens is 368 g/mol. The van der Waals surface area contributed by atoms with E-state index in [0.29, 0.717) is 12.2 Å². The number of anilines is 1. The summed E-state index contributed by atoms with van der Waals surface area (Å²) in [7, 11) is -3.75. The topological polar surface area (TPSA) is 118 Å². The van der Waals surface area contributed by atoms with Gasteiger partial charge in [0, 0.05) is 12.2 Å². The molecule has 2 heterocycles. The molecule has 27 heavy (non-hydrogen) atoms. The molecule has 146 valence electrons. The fourth-order valence-corrected chi connectivity index (χ4v) is 3.73. The third-order valence-electron chi connectivity index (χ3n) is 4.60. The van der Waals surface area contributed by atoms with Crippen molar-refractivity contribution >= 4 is 21.7 Å². The highest BCUT2D eigenvalue weighted by Crippen LogP contribution is 2.24. The van der Waals surface area contributed by atoms with E-state index in [1.54, 1.807) is 6.26 Å². The Morgan fingerprint density at radius 2 is 1.85 bits per heavy atom. The van der Waals surface area contributed by atoms with Crippen LogP contribution >= 0.6 is 0 Å². The molecule has 2 aromatic rings. The maximum absolute atomic E-state index is 12.2. The van der Waals surface area contributed by atoms with Gasteiger partial charge in [-0.2, -0.15) is 0 Å². The van der Waals surface area contributed by atoms with Crippen molar-refractivity contribution in [2.75, 3.05) is 25.0 Å². The number of nitrogens with two attached hydrogens (primary N) is 1. The van der Waals surface area contributed by atoms with Gasteiger partial charge in [0.05, 0.1) is 17.2 Å². The van der Waals surface area contributed by atoms with E-state index in [-0.39, 0.29) is 17.0 Å². The minimum atomic E-state index is -3.75. The van der Waals surface area contributed by atoms with Gasteiger partial charge in [0.15, 0.2) is 0 Å². The summed E-state index contributed by atoms with van der Waals surface area (Å²) in [5, 5.41) is 10.6. The number of amides is 2. The van der Waals surface area contributed by atoms with Gasteiger partial charge in [0.2, 0.25) is 10.0 Å². The number of carbonyl (C=O) groups is 1. The number of sulfonamides is 1. The highest BCUT2D eigenvalue weighted by Gasteiger charge is 2.24. The number of likely N-dealkylation sites (tertiary alicyclic amines) is 1. The molecule has 1 aromatic carbocycles. The number of hydrogen-bond donors (Lipinski definition) is 3. The fraction of sp³-hybridized carbons (Fsp3) is 0.389. The van der Waals surface area contributed by atoms with Crippen LogP contribution in [0.2, 0.25) is 0 Å². The Labute approximate surface area is 158 Å². The summed E-state index contributed by atoms with van der Waals surface area (Å²) in [5.41, 5.74) is 0.479. The van der Waals surface area contributed by atoms with Crippen LogP contribution in [0.15, 0.2) is 52.0 Å². The minimum Gasteiger partial charge on any atom is -0.468 e. The molecule has 4 N–H and O–H groups in total. The average Bonchev–Trinajstić information content (AvgIpc) is 3.17. The van der Waals surface area contributed by atoms with Gasteiger partial charge in [0.25, 0.3) is 0 Å². The first-order chi connectivity index (χ1) is 12.9. The van der Waals surface area contributed by atoms with Gasteiger partial charge < -0.3 is 15.1 Å². The third kappa shape index (κ3) is 5.31. The SMILES string of the molecule is NS(=O)(=O)c1ccc(NC(=O)NC[C@H](c2ccco2)N2CCCCC2)cc1. The van der Waals surface area contributed by atoms with E-state index in [0.717, 1.165) is 31.7 Å². The van der Waals surface area contributed by atoms with Gasteiger partial charge >= 0.3 is 6.03 Å². The number of nitrogens with one attached hydrogen (secondary N) is 2. The molecule has 0 spiro atoms. The molecule has 3 rings (SSSR count). The first kappa shape index (κ1) is 19.4. The van der Waals surface area contributed by atoms with Crippen molar-refractivity contribution in [3.05, 3.63) is 48.4 Å². The Hall–Kier alpha value is -2.36. The first-order valence-corrected chi connectivity index (χ1v) is 10.4. The van der Waals surface area contributed by atoms with Crippen LogP contribution in [0.4, 0.5) is 10.5 Å². The molecular formula is C18H24N4O4S. The molecule has 0 radical (unpaired) electrons. The lowest BCUT2D eigenvalue weighted by atomic mass is 10.1. The van der Waals surface area contributed by atoms with Crippen LogP contribution in [0.1, 0.15) is 31.1 Å². The van der Waals surface area contributed by atoms with E-state index in [4.69, 9.17) is 9.56 Å². The van der Waals surface area contributed by atoms with Crippen LogP contribution in [-0.4, -0.2) is 39.0 Å². The van der Waals surface area contributed by atoms with Crippen molar-refractivity contribution in [2.45, 2.75) is 30.2 Å². The maximum Gasteiger partial charge on any atom is 0.319 e. The minimum absolute atomic E-state index is 0.00330. The second kappa shape index (κ2) is 8.55. The standard InChI is InChI=1S/C18H24N4O4S/c19-27(24,25)15-8-6-14(7-9-15)21-18(23)20-13-16(17-5-4-12-26-17)22-10-2-1-3-11-22/h4-9,12,16H,1-3,10-11,13H2,(H2,19,24,25)(H2,20,21,23)/t16-/m1/s1. The summed E-state index contributed by atoms with van der Waals surface area (Å²) in [6.45, 7) is 2.36. The number of carbonyl (C=O) groups excluding carboxylic acids is 1. The Morgan fingerprint density at radius 3 is 2.44 bits per heavy atom. The monoisotopic (exact) mass is 392 g/mol. The Bertz CT molecular complexity index is 844. The van der Waals surface area contributed by atoms with E-state index in [9.17, 15) is 13.2 Å². The van der Waals surface area contributed by atoms with Crippen LogP contribution in [0, 0.1) is 0 Å². The number of furan rings is 1. The third-order valence-corrected chi connectivity index (χ3v) is 5.53. The molecule has 9 heteroatoms. The predicted octanol–water partition coefficient (Wildman–Crippen LogP) is 2.28. The zero-order valence-electron chi connectivity index (χ0n) is 14.9. The van der Waals surface area contributed by atoms with Gasteiger partial charge in [-0.3, -0.25) is 4.90 Å². The number of nitrogens with zero attached hydrogens (tertiary/aromatic N) is 1. The number of benzene rings is 1. The molecule has 8 nitrogen and oxygen atoms in total. The van der Waals surface area contributed by atoms with E-state index < -0.39 is 10.0 Å². The molecule has 1 saturated heterocycles. The van der Waals surface area contributed by atoms with Crippen LogP contribution in [0.3, 0.4) is 0 Å². The van der Waals surface area contributed by atoms with E-state index in [1.165, 1.54) is 30.7 Å². The fourth-order valence-electron chi connectivity index (χ4n) is 3.21. The summed E-state index contributed by atoms with van der Waals surface area (Å²) in [6, 6.07) is 9.07. The van der Waals surface area contributed by atoms with Gasteiger partial charge in [-0.25, -0.2) is 18.4 Å². The highest BCUT2D eigenvalue weighted by atomic mass is 32.2. The van der Waals surface area contributed by atoms with Gasteiger partial charge in [-0.1, -0.05) is 6.42 Å². The molecule has 0 bridgehead atoms. The van der Waals surface area contributed by atoms with Gasteiger partial charge in [0.1, 0.15) is 5.76 Å². The Morgan fingerprint density at radius 1 is 1.15 bits per heavy atom. The molecule has 2 amide bonds. The summed E-state index contributed by atoms with van der Waals surface area (Å²) >= 11 is 0. The van der Waals surface area contributed by atoms with E-state index in [1.807, 2.05) is 12.1 Å². The Balaban J connectivity index is 1.59. The summed E-state index contributed by atoms with van der Waals surface area (Å²) in [6.07, 6.45) is 5.14. The molecule has 0 saturated carbocycles. The number of rotatable bonds is 6. The Kier molecular flexibility index (Phi) is 6.15. The second-order valence-electron chi connectivity index (χ2n) is 6.53. The smallest absolute Gasteiger partial charge is 0.319 e. The lowest BCUT2D eigenvalue weighted by Crippen LogP contribution is -2.41. The maximum atomic E-state index is 12.2. The summed E-state index contributed by atoms with van der Waals surface area (Å²) < 4.78 is 28.1. The molecule has 1 atom stereocenters. The van der Waals surface area contributed by atoms with Crippen LogP contribution in [0.5, 0.6) is 0 Å². The first-order valence-electron chi connectivity index (χ1n) is 8.88. The molecule has 0 aliphatic carbocycles. The largest absolute Gasteiger partial charge is 0.468 e. The van der Waals surface area contributed by atoms with E-state index >= 15 is 0 Å². The predicted molar refractivity (Wildman–Crippen MR) is 102 cm³/mol. The van der Waals surface area contributed by atoms with Crippen LogP contribution < -0.4 is 15.8 Å². The van der Waals surface area contributed by atoms with Crippen molar-refractivity contribution < 1.29 is 17.6 Å². The van der Waals surface area contributed by atoms with Crippen molar-refractivity contribution in [1.82, 2.24) is 10.2 Å². The van der Waals surface area contributed by atoms with Crippen molar-refractivity contribution in [1.29, 1.82) is 0 Å². The molecule has 1 aliphatic heterocycles. The zero-order valence-corrected chi connectivity index (χ0v) is 15.7. The van der Waals surface area contributed by atoms with Crippen LogP contribution in [0.25, 0.3) is 0 Å². The second-order valence-corrected chi connectivity index (χ2v) is 8.09. The zero-order chi connectivity index (χ0) is 19.3. The lowest BCUT2D eigenvalue weighted by molar-refractivity contribution is 0.144.